The Morgan fingerprint density at radius 2 is 2.03 bits per heavy atom. The first-order valence-electron chi connectivity index (χ1n) is 9.89. The number of nitroso groups, excluding NO2 is 1. The average molecular weight is 405 g/mol. The van der Waals surface area contributed by atoms with Gasteiger partial charge in [0.2, 0.25) is 0 Å². The quantitative estimate of drug-likeness (QED) is 0.414. The number of aromatic nitrogens is 2. The zero-order chi connectivity index (χ0) is 21.2. The summed E-state index contributed by atoms with van der Waals surface area (Å²) in [5.74, 6) is -0.741. The van der Waals surface area contributed by atoms with Crippen LogP contribution < -0.4 is 5.56 Å². The molecule has 1 aromatic carbocycles. The van der Waals surface area contributed by atoms with Gasteiger partial charge in [0.1, 0.15) is 12.3 Å². The van der Waals surface area contributed by atoms with E-state index in [2.05, 4.69) is 5.18 Å². The molecule has 0 aliphatic carbocycles. The molecule has 8 nitrogen and oxygen atoms in total. The molecule has 4 heterocycles. The van der Waals surface area contributed by atoms with Crippen LogP contribution in [0.3, 0.4) is 0 Å². The number of hydrogen-bond donors (Lipinski definition) is 1. The van der Waals surface area contributed by atoms with E-state index in [4.69, 9.17) is 9.72 Å². The predicted molar refractivity (Wildman–Crippen MR) is 109 cm³/mol. The summed E-state index contributed by atoms with van der Waals surface area (Å²) in [6, 6.07) is 6.76. The molecule has 0 radical (unpaired) electrons. The Bertz CT molecular complexity index is 1330. The SMILES string of the molecule is CCc1c2c(nc3ccc(N=O)cc13)-c1cc3c(c(=O)n1C2)COC(=O)C3(O)CC. The van der Waals surface area contributed by atoms with Crippen LogP contribution in [-0.2, 0) is 34.7 Å². The Morgan fingerprint density at radius 1 is 1.23 bits per heavy atom. The van der Waals surface area contributed by atoms with Crippen LogP contribution in [0.5, 0.6) is 0 Å². The summed E-state index contributed by atoms with van der Waals surface area (Å²) < 4.78 is 6.72. The van der Waals surface area contributed by atoms with Gasteiger partial charge < -0.3 is 14.4 Å². The lowest BCUT2D eigenvalue weighted by Crippen LogP contribution is -2.44. The summed E-state index contributed by atoms with van der Waals surface area (Å²) in [5, 5.41) is 14.8. The Labute approximate surface area is 171 Å². The molecule has 1 unspecified atom stereocenters. The van der Waals surface area contributed by atoms with Crippen molar-refractivity contribution in [3.8, 4) is 11.4 Å². The highest BCUT2D eigenvalue weighted by atomic mass is 16.6. The highest BCUT2D eigenvalue weighted by molar-refractivity contribution is 5.90. The van der Waals surface area contributed by atoms with E-state index in [0.717, 1.165) is 16.5 Å². The lowest BCUT2D eigenvalue weighted by Gasteiger charge is -2.31. The third-order valence-corrected chi connectivity index (χ3v) is 6.25. The fourth-order valence-electron chi connectivity index (χ4n) is 4.61. The van der Waals surface area contributed by atoms with E-state index in [1.54, 1.807) is 35.8 Å². The number of aryl methyl sites for hydroxylation is 1. The number of rotatable bonds is 3. The van der Waals surface area contributed by atoms with Crippen LogP contribution >= 0.6 is 0 Å². The smallest absolute Gasteiger partial charge is 0.343 e. The average Bonchev–Trinajstić information content (AvgIpc) is 3.13. The van der Waals surface area contributed by atoms with E-state index < -0.39 is 11.6 Å². The third kappa shape index (κ3) is 2.28. The third-order valence-electron chi connectivity index (χ3n) is 6.25. The number of carbonyl (C=O) groups is 1. The highest BCUT2D eigenvalue weighted by Gasteiger charge is 2.45. The minimum Gasteiger partial charge on any atom is -0.458 e. The number of esters is 1. The predicted octanol–water partition coefficient (Wildman–Crippen LogP) is 3.04. The van der Waals surface area contributed by atoms with Gasteiger partial charge in [-0.2, -0.15) is 0 Å². The molecule has 0 saturated heterocycles. The first-order chi connectivity index (χ1) is 14.4. The second kappa shape index (κ2) is 6.30. The largest absolute Gasteiger partial charge is 0.458 e. The standard InChI is InChI=1S/C22H19N3O5/c1-3-12-13-7-11(24-29)5-6-17(13)23-19-14(12)9-25-18(19)8-16-15(20(25)26)10-30-21(27)22(16,28)4-2/h5-8,28H,3-4,9-10H2,1-2H3. The molecule has 152 valence electrons. The van der Waals surface area contributed by atoms with Gasteiger partial charge in [0.25, 0.3) is 5.56 Å². The van der Waals surface area contributed by atoms with Crippen LogP contribution in [0.25, 0.3) is 22.3 Å². The molecule has 8 heteroatoms. The molecule has 0 bridgehead atoms. The number of cyclic esters (lactones) is 1. The van der Waals surface area contributed by atoms with Gasteiger partial charge in [0, 0.05) is 16.5 Å². The number of hydrogen-bond acceptors (Lipinski definition) is 7. The van der Waals surface area contributed by atoms with E-state index in [9.17, 15) is 19.6 Å². The molecule has 2 aliphatic rings. The Hall–Kier alpha value is -3.39. The molecule has 0 amide bonds. The molecule has 0 spiro atoms. The maximum Gasteiger partial charge on any atom is 0.343 e. The molecule has 3 aromatic rings. The number of ether oxygens (including phenoxy) is 1. The zero-order valence-corrected chi connectivity index (χ0v) is 16.6. The first kappa shape index (κ1) is 18.6. The van der Waals surface area contributed by atoms with Gasteiger partial charge in [-0.15, -0.1) is 4.91 Å². The Kier molecular flexibility index (Phi) is 3.91. The normalized spacial score (nSPS) is 19.2. The number of carbonyl (C=O) groups excluding carboxylic acids is 1. The van der Waals surface area contributed by atoms with Gasteiger partial charge in [-0.05, 0) is 47.8 Å². The first-order valence-corrected chi connectivity index (χ1v) is 9.89. The van der Waals surface area contributed by atoms with Gasteiger partial charge in [-0.3, -0.25) is 4.79 Å². The fourth-order valence-corrected chi connectivity index (χ4v) is 4.61. The molecular formula is C22H19N3O5. The monoisotopic (exact) mass is 405 g/mol. The minimum atomic E-state index is -1.85. The van der Waals surface area contributed by atoms with Crippen molar-refractivity contribution in [2.24, 2.45) is 5.18 Å². The van der Waals surface area contributed by atoms with Crippen molar-refractivity contribution in [1.29, 1.82) is 0 Å². The number of nitrogens with zero attached hydrogens (tertiary/aromatic N) is 3. The van der Waals surface area contributed by atoms with Crippen LogP contribution in [0.4, 0.5) is 5.69 Å². The number of fused-ring (bicyclic) bond motifs is 5. The molecule has 0 saturated carbocycles. The molecule has 2 aliphatic heterocycles. The zero-order valence-electron chi connectivity index (χ0n) is 16.6. The maximum atomic E-state index is 13.3. The van der Waals surface area contributed by atoms with E-state index >= 15 is 0 Å². The summed E-state index contributed by atoms with van der Waals surface area (Å²) in [7, 11) is 0. The molecule has 0 fully saturated rings. The van der Waals surface area contributed by atoms with Gasteiger partial charge in [0.05, 0.1) is 29.0 Å². The molecule has 1 atom stereocenters. The van der Waals surface area contributed by atoms with Gasteiger partial charge in [-0.25, -0.2) is 9.78 Å². The second-order valence-electron chi connectivity index (χ2n) is 7.67. The van der Waals surface area contributed by atoms with Crippen molar-refractivity contribution in [2.75, 3.05) is 0 Å². The number of benzene rings is 1. The molecule has 1 N–H and O–H groups in total. The number of pyridine rings is 2. The molecular weight excluding hydrogens is 386 g/mol. The number of aliphatic hydroxyl groups is 1. The van der Waals surface area contributed by atoms with Gasteiger partial charge in [-0.1, -0.05) is 13.8 Å². The van der Waals surface area contributed by atoms with Crippen molar-refractivity contribution in [1.82, 2.24) is 9.55 Å². The van der Waals surface area contributed by atoms with Crippen LogP contribution in [0.1, 0.15) is 42.5 Å². The second-order valence-corrected chi connectivity index (χ2v) is 7.67. The van der Waals surface area contributed by atoms with Crippen molar-refractivity contribution in [3.63, 3.8) is 0 Å². The topological polar surface area (TPSA) is 111 Å². The Morgan fingerprint density at radius 3 is 2.73 bits per heavy atom. The van der Waals surface area contributed by atoms with Crippen molar-refractivity contribution in [3.05, 3.63) is 61.8 Å². The summed E-state index contributed by atoms with van der Waals surface area (Å²) in [5.41, 5.74) is 2.61. The van der Waals surface area contributed by atoms with Crippen LogP contribution in [-0.4, -0.2) is 20.6 Å². The van der Waals surface area contributed by atoms with Crippen LogP contribution in [0, 0.1) is 4.91 Å². The van der Waals surface area contributed by atoms with Crippen molar-refractivity contribution >= 4 is 22.6 Å². The summed E-state index contributed by atoms with van der Waals surface area (Å²) in [6.07, 6.45) is 0.786. The van der Waals surface area contributed by atoms with E-state index in [1.165, 1.54) is 0 Å². The van der Waals surface area contributed by atoms with Crippen LogP contribution in [0.15, 0.2) is 34.2 Å². The van der Waals surface area contributed by atoms with Crippen molar-refractivity contribution in [2.45, 2.75) is 45.4 Å². The minimum absolute atomic E-state index is 0.0986. The molecule has 30 heavy (non-hydrogen) atoms. The summed E-state index contributed by atoms with van der Waals surface area (Å²) in [4.78, 5) is 41.3. The summed E-state index contributed by atoms with van der Waals surface area (Å²) >= 11 is 0. The molecule has 5 rings (SSSR count). The van der Waals surface area contributed by atoms with E-state index in [1.807, 2.05) is 6.92 Å². The van der Waals surface area contributed by atoms with Crippen LogP contribution in [0.2, 0.25) is 0 Å². The molecule has 2 aromatic heterocycles. The lowest BCUT2D eigenvalue weighted by molar-refractivity contribution is -0.172. The van der Waals surface area contributed by atoms with E-state index in [0.29, 0.717) is 46.7 Å². The Balaban J connectivity index is 1.83. The van der Waals surface area contributed by atoms with E-state index in [-0.39, 0.29) is 18.6 Å². The maximum absolute atomic E-state index is 13.3. The van der Waals surface area contributed by atoms with Gasteiger partial charge in [0.15, 0.2) is 5.60 Å². The van der Waals surface area contributed by atoms with Crippen molar-refractivity contribution < 1.29 is 14.6 Å². The lowest BCUT2D eigenvalue weighted by atomic mass is 9.86. The van der Waals surface area contributed by atoms with Gasteiger partial charge >= 0.3 is 5.97 Å². The fraction of sp³-hybridized carbons (Fsp3) is 0.318. The highest BCUT2D eigenvalue weighted by Crippen LogP contribution is 2.40. The summed E-state index contributed by atoms with van der Waals surface area (Å²) in [6.45, 7) is 3.86.